The molecule has 17 nitrogen and oxygen atoms in total. The van der Waals surface area contributed by atoms with Gasteiger partial charge in [0.2, 0.25) is 17.7 Å². The van der Waals surface area contributed by atoms with Crippen LogP contribution in [0.2, 0.25) is 0 Å². The number of primary amides is 1. The number of alkyl carbamates (subject to hydrolysis) is 1. The van der Waals surface area contributed by atoms with Crippen LogP contribution in [0, 0.1) is 5.92 Å². The molecule has 4 rings (SSSR count). The van der Waals surface area contributed by atoms with Crippen molar-refractivity contribution in [3.63, 3.8) is 0 Å². The second-order valence-electron chi connectivity index (χ2n) is 14.6. The maximum absolute atomic E-state index is 13.3. The first-order valence-electron chi connectivity index (χ1n) is 20.6. The molecule has 0 saturated heterocycles. The Kier molecular flexibility index (Phi) is 21.0. The zero-order chi connectivity index (χ0) is 43.8. The van der Waals surface area contributed by atoms with E-state index >= 15 is 0 Å². The highest BCUT2D eigenvalue weighted by Crippen LogP contribution is 2.44. The van der Waals surface area contributed by atoms with E-state index in [4.69, 9.17) is 29.4 Å². The van der Waals surface area contributed by atoms with Gasteiger partial charge >= 0.3 is 12.1 Å². The molecule has 1 aliphatic carbocycles. The minimum Gasteiger partial charge on any atom is -0.449 e. The fourth-order valence-corrected chi connectivity index (χ4v) is 6.55. The summed E-state index contributed by atoms with van der Waals surface area (Å²) in [4.78, 5) is 62.6. The van der Waals surface area contributed by atoms with E-state index in [9.17, 15) is 29.1 Å². The zero-order valence-corrected chi connectivity index (χ0v) is 35.0. The van der Waals surface area contributed by atoms with Gasteiger partial charge in [-0.05, 0) is 58.7 Å². The highest BCUT2D eigenvalue weighted by molar-refractivity contribution is 5.98. The summed E-state index contributed by atoms with van der Waals surface area (Å²) in [5.74, 6) is -1.70. The highest BCUT2D eigenvalue weighted by atomic mass is 16.6. The normalized spacial score (nSPS) is 12.8. The molecule has 0 saturated carbocycles. The van der Waals surface area contributed by atoms with E-state index in [-0.39, 0.29) is 57.6 Å². The summed E-state index contributed by atoms with van der Waals surface area (Å²) in [6.07, 6.45) is 0.0531. The number of aliphatic hydroxyl groups excluding tert-OH is 1. The molecule has 2 atom stereocenters. The number of carbonyl (C=O) groups is 5. The van der Waals surface area contributed by atoms with E-state index in [2.05, 4.69) is 50.8 Å². The predicted molar refractivity (Wildman–Crippen MR) is 227 cm³/mol. The average molecular weight is 849 g/mol. The van der Waals surface area contributed by atoms with Crippen molar-refractivity contribution in [3.05, 3.63) is 89.5 Å². The molecule has 1 aliphatic rings. The minimum absolute atomic E-state index is 0.000884. The van der Waals surface area contributed by atoms with Crippen LogP contribution < -0.4 is 32.3 Å². The Morgan fingerprint density at radius 1 is 0.689 bits per heavy atom. The number of anilines is 1. The number of rotatable bonds is 28. The molecule has 0 heterocycles. The Labute approximate surface area is 356 Å². The standard InChI is InChI=1S/C44H60N6O11/c1-30(2)40(42(54)49-38(12-7-18-46-43(45)55)41(53)48-32-15-13-31(28-51)14-16-32)50-39(52)17-20-57-22-24-59-26-27-60-25-23-58-21-19-47-44(56)61-29-37-35-10-5-3-8-33(35)34-9-4-6-11-36(34)37/h3-6,8-11,13-16,30,37-38,40,51H,7,12,17-29H2,1-2H3,(H,47,56)(H,48,53)(H,49,54)(H,50,52)(H3,45,46,55)/t38-,40-/m0/s1. The summed E-state index contributed by atoms with van der Waals surface area (Å²) in [7, 11) is 0. The number of nitrogens with two attached hydrogens (primary N) is 1. The summed E-state index contributed by atoms with van der Waals surface area (Å²) < 4.78 is 27.6. The third-order valence-corrected chi connectivity index (χ3v) is 9.72. The number of hydrogen-bond donors (Lipinski definition) is 7. The molecule has 0 bridgehead atoms. The van der Waals surface area contributed by atoms with E-state index in [0.717, 1.165) is 11.1 Å². The van der Waals surface area contributed by atoms with Gasteiger partial charge in [0.15, 0.2) is 0 Å². The Bertz CT molecular complexity index is 1800. The van der Waals surface area contributed by atoms with Crippen molar-refractivity contribution in [3.8, 4) is 11.1 Å². The SMILES string of the molecule is CC(C)[C@H](NC(=O)CCOCCOCCOCCOCCNC(=O)OCC1c2ccccc2-c2ccccc21)C(=O)N[C@@H](CCCNC(N)=O)C(=O)Nc1ccc(CO)cc1. The Balaban J connectivity index is 1.00. The molecule has 3 aromatic rings. The predicted octanol–water partition coefficient (Wildman–Crippen LogP) is 3.19. The molecule has 0 aliphatic heterocycles. The number of benzene rings is 3. The number of urea groups is 1. The van der Waals surface area contributed by atoms with Crippen molar-refractivity contribution in [1.82, 2.24) is 21.3 Å². The Morgan fingerprint density at radius 3 is 1.84 bits per heavy atom. The van der Waals surface area contributed by atoms with Crippen LogP contribution >= 0.6 is 0 Å². The number of hydrogen-bond acceptors (Lipinski definition) is 11. The number of nitrogens with one attached hydrogen (secondary N) is 5. The van der Waals surface area contributed by atoms with Crippen LogP contribution in [-0.4, -0.2) is 120 Å². The zero-order valence-electron chi connectivity index (χ0n) is 35.0. The van der Waals surface area contributed by atoms with Gasteiger partial charge in [-0.3, -0.25) is 14.4 Å². The summed E-state index contributed by atoms with van der Waals surface area (Å²) in [6.45, 7) is 6.55. The number of aliphatic hydroxyl groups is 1. The van der Waals surface area contributed by atoms with Crippen LogP contribution in [0.1, 0.15) is 55.7 Å². The van der Waals surface area contributed by atoms with Crippen molar-refractivity contribution >= 4 is 35.5 Å². The van der Waals surface area contributed by atoms with Crippen molar-refractivity contribution < 1.29 is 52.8 Å². The van der Waals surface area contributed by atoms with Crippen LogP contribution in [0.25, 0.3) is 11.1 Å². The second kappa shape index (κ2) is 26.6. The molecule has 332 valence electrons. The molecular weight excluding hydrogens is 789 g/mol. The second-order valence-corrected chi connectivity index (χ2v) is 14.6. The van der Waals surface area contributed by atoms with Crippen LogP contribution in [0.4, 0.5) is 15.3 Å². The summed E-state index contributed by atoms with van der Waals surface area (Å²) in [5.41, 5.74) is 11.0. The van der Waals surface area contributed by atoms with E-state index < -0.39 is 41.9 Å². The van der Waals surface area contributed by atoms with Gasteiger partial charge in [-0.1, -0.05) is 74.5 Å². The lowest BCUT2D eigenvalue weighted by Crippen LogP contribution is -2.54. The summed E-state index contributed by atoms with van der Waals surface area (Å²) in [5, 5.41) is 22.7. The van der Waals surface area contributed by atoms with Gasteiger partial charge in [-0.15, -0.1) is 0 Å². The minimum atomic E-state index is -0.974. The molecule has 0 fully saturated rings. The summed E-state index contributed by atoms with van der Waals surface area (Å²) in [6, 6.07) is 20.4. The maximum Gasteiger partial charge on any atom is 0.407 e. The molecule has 8 N–H and O–H groups in total. The quantitative estimate of drug-likeness (QED) is 0.0524. The van der Waals surface area contributed by atoms with E-state index in [1.807, 2.05) is 24.3 Å². The van der Waals surface area contributed by atoms with Gasteiger partial charge in [0.1, 0.15) is 18.7 Å². The first-order valence-corrected chi connectivity index (χ1v) is 20.6. The molecular formula is C44H60N6O11. The monoisotopic (exact) mass is 848 g/mol. The van der Waals surface area contributed by atoms with Crippen molar-refractivity contribution in [2.75, 3.05) is 77.9 Å². The maximum atomic E-state index is 13.3. The molecule has 17 heteroatoms. The molecule has 0 radical (unpaired) electrons. The van der Waals surface area contributed by atoms with E-state index in [1.54, 1.807) is 38.1 Å². The topological polar surface area (TPSA) is 238 Å². The van der Waals surface area contributed by atoms with Gasteiger partial charge in [-0.25, -0.2) is 9.59 Å². The fourth-order valence-electron chi connectivity index (χ4n) is 6.55. The number of amides is 6. The van der Waals surface area contributed by atoms with Crippen molar-refractivity contribution in [1.29, 1.82) is 0 Å². The molecule has 61 heavy (non-hydrogen) atoms. The highest BCUT2D eigenvalue weighted by Gasteiger charge is 2.30. The van der Waals surface area contributed by atoms with Gasteiger partial charge in [-0.2, -0.15) is 0 Å². The largest absolute Gasteiger partial charge is 0.449 e. The van der Waals surface area contributed by atoms with Crippen LogP contribution in [0.5, 0.6) is 0 Å². The lowest BCUT2D eigenvalue weighted by Gasteiger charge is -2.25. The van der Waals surface area contributed by atoms with Crippen LogP contribution in [0.15, 0.2) is 72.8 Å². The van der Waals surface area contributed by atoms with Crippen molar-refractivity contribution in [2.24, 2.45) is 11.7 Å². The first-order chi connectivity index (χ1) is 29.6. The molecule has 6 amide bonds. The lowest BCUT2D eigenvalue weighted by molar-refractivity contribution is -0.132. The molecule has 0 aromatic heterocycles. The van der Waals surface area contributed by atoms with Gasteiger partial charge in [0.05, 0.1) is 59.5 Å². The van der Waals surface area contributed by atoms with E-state index in [1.165, 1.54) is 11.1 Å². The van der Waals surface area contributed by atoms with Crippen molar-refractivity contribution in [2.45, 2.75) is 57.7 Å². The molecule has 3 aromatic carbocycles. The average Bonchev–Trinajstić information content (AvgIpc) is 3.57. The Hall–Kier alpha value is -5.59. The Morgan fingerprint density at radius 2 is 1.26 bits per heavy atom. The number of carbonyl (C=O) groups excluding carboxylic acids is 5. The van der Waals surface area contributed by atoms with Crippen LogP contribution in [-0.2, 0) is 44.7 Å². The molecule has 0 spiro atoms. The smallest absolute Gasteiger partial charge is 0.407 e. The molecule has 0 unspecified atom stereocenters. The van der Waals surface area contributed by atoms with Gasteiger partial charge in [0, 0.05) is 31.1 Å². The summed E-state index contributed by atoms with van der Waals surface area (Å²) >= 11 is 0. The van der Waals surface area contributed by atoms with Gasteiger partial charge in [0.25, 0.3) is 0 Å². The first kappa shape index (κ1) is 48.1. The fraction of sp³-hybridized carbons (Fsp3) is 0.477. The van der Waals surface area contributed by atoms with Crippen LogP contribution in [0.3, 0.4) is 0 Å². The third kappa shape index (κ3) is 16.8. The van der Waals surface area contributed by atoms with E-state index in [0.29, 0.717) is 63.9 Å². The lowest BCUT2D eigenvalue weighted by atomic mass is 9.98. The van der Waals surface area contributed by atoms with Gasteiger partial charge < -0.3 is 61.1 Å². The third-order valence-electron chi connectivity index (χ3n) is 9.72. The number of fused-ring (bicyclic) bond motifs is 3. The number of ether oxygens (including phenoxy) is 5.